The second kappa shape index (κ2) is 13.1. The van der Waals surface area contributed by atoms with E-state index in [0.29, 0.717) is 23.2 Å². The smallest absolute Gasteiger partial charge is 0.242 e. The molecule has 2 aliphatic heterocycles. The van der Waals surface area contributed by atoms with Crippen molar-refractivity contribution in [2.24, 2.45) is 0 Å². The number of carbonyl (C=O) groups is 2. The van der Waals surface area contributed by atoms with Gasteiger partial charge in [-0.25, -0.2) is 39.9 Å². The highest BCUT2D eigenvalue weighted by Gasteiger charge is 2.46. The van der Waals surface area contributed by atoms with Crippen LogP contribution in [0.3, 0.4) is 0 Å². The predicted molar refractivity (Wildman–Crippen MR) is 206 cm³/mol. The van der Waals surface area contributed by atoms with Crippen molar-refractivity contribution in [3.8, 4) is 22.3 Å². The Bertz CT molecular complexity index is 2410. The van der Waals surface area contributed by atoms with Crippen LogP contribution in [0.2, 0.25) is 5.15 Å². The van der Waals surface area contributed by atoms with E-state index in [0.717, 1.165) is 69.2 Å². The summed E-state index contributed by atoms with van der Waals surface area (Å²) < 4.78 is 0. The van der Waals surface area contributed by atoms with Gasteiger partial charge in [-0.3, -0.25) is 19.4 Å². The summed E-state index contributed by atoms with van der Waals surface area (Å²) in [6, 6.07) is 12.0. The third-order valence-electron chi connectivity index (χ3n) is 10.2. The molecule has 0 spiro atoms. The second-order valence-corrected chi connectivity index (χ2v) is 15.2. The highest BCUT2D eigenvalue weighted by atomic mass is 35.5. The van der Waals surface area contributed by atoms with Gasteiger partial charge in [0.15, 0.2) is 5.82 Å². The lowest BCUT2D eigenvalue weighted by atomic mass is 9.85. The number of carbonyl (C=O) groups excluding carboxylic acids is 2. The van der Waals surface area contributed by atoms with Crippen molar-refractivity contribution >= 4 is 46.3 Å². The monoisotopic (exact) mass is 736 g/mol. The first-order valence-corrected chi connectivity index (χ1v) is 18.1. The SMILES string of the molecule is Cc1ncc(-c2ccc3c(c2)N(c2cnc(C4CC4)nc2)C(=O)C3(C)C)cn1.Cc1ncc(-c2ccc3c(c2)N(c2cnc(Cl)cn2)C(=O)C3(C)C)cn1. The minimum Gasteiger partial charge on any atom is -0.277 e. The van der Waals surface area contributed by atoms with E-state index in [9.17, 15) is 9.59 Å². The van der Waals surface area contributed by atoms with Crippen LogP contribution < -0.4 is 9.80 Å². The van der Waals surface area contributed by atoms with Gasteiger partial charge in [-0.1, -0.05) is 35.9 Å². The maximum atomic E-state index is 13.3. The number of benzene rings is 2. The molecule has 2 amide bonds. The number of hydrogen-bond acceptors (Lipinski definition) is 10. The lowest BCUT2D eigenvalue weighted by molar-refractivity contribution is -0.122. The van der Waals surface area contributed by atoms with Crippen molar-refractivity contribution < 1.29 is 9.59 Å². The first kappa shape index (κ1) is 35.0. The number of aryl methyl sites for hydroxylation is 2. The summed E-state index contributed by atoms with van der Waals surface area (Å²) in [7, 11) is 0. The van der Waals surface area contributed by atoms with Gasteiger partial charge < -0.3 is 0 Å². The molecule has 0 N–H and O–H groups in total. The molecule has 0 saturated heterocycles. The molecule has 0 atom stereocenters. The fourth-order valence-corrected chi connectivity index (χ4v) is 6.94. The first-order valence-electron chi connectivity index (χ1n) is 17.7. The summed E-state index contributed by atoms with van der Waals surface area (Å²) in [6.07, 6.45) is 16.0. The summed E-state index contributed by atoms with van der Waals surface area (Å²) in [5.74, 6) is 3.23. The summed E-state index contributed by atoms with van der Waals surface area (Å²) >= 11 is 5.84. The van der Waals surface area contributed by atoms with Gasteiger partial charge in [0.2, 0.25) is 11.8 Å². The van der Waals surface area contributed by atoms with Crippen LogP contribution in [0.1, 0.15) is 75.1 Å². The number of aromatic nitrogens is 8. The topological polar surface area (TPSA) is 144 Å². The van der Waals surface area contributed by atoms with Gasteiger partial charge in [-0.2, -0.15) is 0 Å². The van der Waals surface area contributed by atoms with Gasteiger partial charge in [0, 0.05) is 41.8 Å². The van der Waals surface area contributed by atoms with Crippen LogP contribution in [0.4, 0.5) is 22.9 Å². The highest BCUT2D eigenvalue weighted by Crippen LogP contribution is 2.48. The lowest BCUT2D eigenvalue weighted by Gasteiger charge is -2.20. The number of anilines is 4. The molecule has 270 valence electrons. The summed E-state index contributed by atoms with van der Waals surface area (Å²) in [6.45, 7) is 11.4. The van der Waals surface area contributed by atoms with Crippen molar-refractivity contribution in [1.29, 1.82) is 0 Å². The molecule has 1 saturated carbocycles. The average Bonchev–Trinajstić information content (AvgIpc) is 3.97. The predicted octanol–water partition coefficient (Wildman–Crippen LogP) is 7.93. The van der Waals surface area contributed by atoms with Crippen LogP contribution >= 0.6 is 11.6 Å². The molecular weight excluding hydrogens is 700 g/mol. The van der Waals surface area contributed by atoms with E-state index >= 15 is 0 Å². The zero-order valence-electron chi connectivity index (χ0n) is 30.7. The molecule has 4 aromatic heterocycles. The fraction of sp³-hybridized carbons (Fsp3) is 0.268. The van der Waals surface area contributed by atoms with Crippen molar-refractivity contribution in [3.63, 3.8) is 0 Å². The van der Waals surface area contributed by atoms with E-state index in [1.165, 1.54) is 12.4 Å². The summed E-state index contributed by atoms with van der Waals surface area (Å²) in [5.41, 5.74) is 6.77. The minimum atomic E-state index is -0.654. The van der Waals surface area contributed by atoms with E-state index in [-0.39, 0.29) is 17.0 Å². The molecule has 1 aliphatic carbocycles. The van der Waals surface area contributed by atoms with Gasteiger partial charge >= 0.3 is 0 Å². The van der Waals surface area contributed by atoms with Gasteiger partial charge in [-0.15, -0.1) is 0 Å². The molecule has 12 nitrogen and oxygen atoms in total. The molecule has 54 heavy (non-hydrogen) atoms. The number of rotatable bonds is 5. The molecule has 3 aliphatic rings. The molecule has 6 heterocycles. The Labute approximate surface area is 317 Å². The van der Waals surface area contributed by atoms with Gasteiger partial charge in [0.1, 0.15) is 22.6 Å². The lowest BCUT2D eigenvalue weighted by Crippen LogP contribution is -2.33. The summed E-state index contributed by atoms with van der Waals surface area (Å²) in [5, 5.41) is 0.283. The number of hydrogen-bond donors (Lipinski definition) is 0. The fourth-order valence-electron chi connectivity index (χ4n) is 6.84. The molecule has 0 unspecified atom stereocenters. The summed E-state index contributed by atoms with van der Waals surface area (Å²) in [4.78, 5) is 64.1. The Hall–Kier alpha value is -6.01. The number of amides is 2. The van der Waals surface area contributed by atoms with Crippen LogP contribution in [-0.4, -0.2) is 51.7 Å². The van der Waals surface area contributed by atoms with Crippen molar-refractivity contribution in [3.05, 3.63) is 120 Å². The van der Waals surface area contributed by atoms with Crippen LogP contribution in [0.15, 0.2) is 86.0 Å². The second-order valence-electron chi connectivity index (χ2n) is 14.8. The molecule has 13 heteroatoms. The van der Waals surface area contributed by atoms with E-state index in [2.05, 4.69) is 39.9 Å². The first-order chi connectivity index (χ1) is 25.8. The number of halogens is 1. The van der Waals surface area contributed by atoms with Crippen molar-refractivity contribution in [1.82, 2.24) is 39.9 Å². The number of nitrogens with zero attached hydrogens (tertiary/aromatic N) is 10. The minimum absolute atomic E-state index is 0.0302. The quantitative estimate of drug-likeness (QED) is 0.171. The van der Waals surface area contributed by atoms with Crippen LogP contribution in [0.5, 0.6) is 0 Å². The van der Waals surface area contributed by atoms with E-state index in [1.54, 1.807) is 34.6 Å². The van der Waals surface area contributed by atoms with Crippen LogP contribution in [-0.2, 0) is 20.4 Å². The maximum absolute atomic E-state index is 13.3. The standard InChI is InChI=1S/C22H21N5O.C19H16ClN5O/c1-13-23-9-16(10-24-13)15-6-7-18-19(8-15)27(21(28)22(18,2)3)17-11-25-20(26-12-17)14-4-5-14;1-11-21-7-13(8-22-11)12-4-5-14-15(6-12)25(18(26)19(14,2)3)17-10-23-16(20)9-24-17/h6-12,14H,4-5H2,1-3H3;4-10H,1-3H3. The molecule has 0 bridgehead atoms. The van der Waals surface area contributed by atoms with Gasteiger partial charge in [0.05, 0.1) is 52.7 Å². The largest absolute Gasteiger partial charge is 0.277 e. The molecule has 9 rings (SSSR count). The molecule has 6 aromatic rings. The van der Waals surface area contributed by atoms with Crippen LogP contribution in [0, 0.1) is 13.8 Å². The Balaban J connectivity index is 0.000000154. The average molecular weight is 737 g/mol. The Morgan fingerprint density at radius 3 is 1.52 bits per heavy atom. The zero-order chi connectivity index (χ0) is 37.9. The Morgan fingerprint density at radius 1 is 0.574 bits per heavy atom. The van der Waals surface area contributed by atoms with Crippen LogP contribution in [0.25, 0.3) is 22.3 Å². The van der Waals surface area contributed by atoms with Crippen molar-refractivity contribution in [2.45, 2.75) is 71.1 Å². The molecule has 0 radical (unpaired) electrons. The van der Waals surface area contributed by atoms with E-state index in [4.69, 9.17) is 11.6 Å². The third-order valence-corrected chi connectivity index (χ3v) is 10.4. The zero-order valence-corrected chi connectivity index (χ0v) is 31.5. The normalized spacial score (nSPS) is 16.5. The van der Waals surface area contributed by atoms with Gasteiger partial charge in [-0.05, 0) is 88.8 Å². The van der Waals surface area contributed by atoms with E-state index in [1.807, 2.05) is 90.3 Å². The highest BCUT2D eigenvalue weighted by molar-refractivity contribution is 6.29. The molecule has 1 fully saturated rings. The maximum Gasteiger partial charge on any atom is 0.242 e. The van der Waals surface area contributed by atoms with E-state index < -0.39 is 10.8 Å². The number of fused-ring (bicyclic) bond motifs is 2. The third kappa shape index (κ3) is 6.15. The molecular formula is C41H37ClN10O2. The van der Waals surface area contributed by atoms with Crippen molar-refractivity contribution in [2.75, 3.05) is 9.80 Å². The Morgan fingerprint density at radius 2 is 1.06 bits per heavy atom. The molecule has 2 aromatic carbocycles. The Kier molecular flexibility index (Phi) is 8.52. The van der Waals surface area contributed by atoms with Gasteiger partial charge in [0.25, 0.3) is 0 Å².